The van der Waals surface area contributed by atoms with Gasteiger partial charge in [-0.2, -0.15) is 0 Å². The van der Waals surface area contributed by atoms with Gasteiger partial charge in [0, 0.05) is 32.6 Å². The Morgan fingerprint density at radius 2 is 2.00 bits per heavy atom. The van der Waals surface area contributed by atoms with E-state index in [-0.39, 0.29) is 24.8 Å². The molecule has 9 nitrogen and oxygen atoms in total. The molecule has 35 heavy (non-hydrogen) atoms. The van der Waals surface area contributed by atoms with E-state index in [0.29, 0.717) is 16.4 Å². The summed E-state index contributed by atoms with van der Waals surface area (Å²) in [4.78, 5) is 46.2. The van der Waals surface area contributed by atoms with Gasteiger partial charge in [-0.3, -0.25) is 14.5 Å². The number of hydrogen-bond donors (Lipinski definition) is 1. The van der Waals surface area contributed by atoms with Crippen LogP contribution in [0, 0.1) is 5.92 Å². The maximum atomic E-state index is 13.0. The normalized spacial score (nSPS) is 18.7. The van der Waals surface area contributed by atoms with Gasteiger partial charge in [0.15, 0.2) is 5.13 Å². The number of morpholine rings is 1. The monoisotopic (exact) mass is 494 g/mol. The van der Waals surface area contributed by atoms with Crippen molar-refractivity contribution in [2.75, 3.05) is 50.2 Å². The van der Waals surface area contributed by atoms with Crippen LogP contribution in [0.5, 0.6) is 0 Å². The van der Waals surface area contributed by atoms with Crippen molar-refractivity contribution in [2.45, 2.75) is 13.0 Å². The molecule has 1 aromatic heterocycles. The minimum atomic E-state index is -0.544. The fraction of sp³-hybridized carbons (Fsp3) is 0.360. The van der Waals surface area contributed by atoms with E-state index in [0.717, 1.165) is 43.1 Å². The summed E-state index contributed by atoms with van der Waals surface area (Å²) in [6, 6.07) is 12.9. The number of carbonyl (C=O) groups is 3. The van der Waals surface area contributed by atoms with Crippen molar-refractivity contribution in [1.29, 1.82) is 0 Å². The lowest BCUT2D eigenvalue weighted by molar-refractivity contribution is -0.122. The molecular formula is C25H26N4O5S. The number of amides is 2. The molecular weight excluding hydrogens is 468 g/mol. The second-order valence-corrected chi connectivity index (χ2v) is 9.64. The Kier molecular flexibility index (Phi) is 6.76. The fourth-order valence-corrected chi connectivity index (χ4v) is 5.39. The lowest BCUT2D eigenvalue weighted by Crippen LogP contribution is -2.35. The summed E-state index contributed by atoms with van der Waals surface area (Å²) in [5.41, 5.74) is 2.77. The maximum absolute atomic E-state index is 13.0. The first-order valence-corrected chi connectivity index (χ1v) is 12.3. The molecule has 0 bridgehead atoms. The van der Waals surface area contributed by atoms with Crippen LogP contribution in [0.15, 0.2) is 42.5 Å². The molecule has 10 heteroatoms. The zero-order valence-corrected chi connectivity index (χ0v) is 20.2. The van der Waals surface area contributed by atoms with Crippen LogP contribution < -0.4 is 10.2 Å². The van der Waals surface area contributed by atoms with Crippen LogP contribution in [0.2, 0.25) is 0 Å². The van der Waals surface area contributed by atoms with Crippen LogP contribution in [0.25, 0.3) is 10.2 Å². The molecule has 2 saturated heterocycles. The molecule has 3 heterocycles. The van der Waals surface area contributed by atoms with Crippen molar-refractivity contribution in [3.05, 3.63) is 53.6 Å². The third-order valence-electron chi connectivity index (χ3n) is 6.29. The second-order valence-electron chi connectivity index (χ2n) is 8.61. The topological polar surface area (TPSA) is 101 Å². The SMILES string of the molecule is COC(=O)c1ccccc1N1CC(C(=O)Nc2nc3ccc(CN4CCOCC4)cc3s2)CC1=O. The van der Waals surface area contributed by atoms with Gasteiger partial charge in [-0.05, 0) is 29.8 Å². The Labute approximate surface area is 206 Å². The molecule has 3 aromatic rings. The highest BCUT2D eigenvalue weighted by Crippen LogP contribution is 2.31. The van der Waals surface area contributed by atoms with Crippen molar-refractivity contribution < 1.29 is 23.9 Å². The molecule has 0 aliphatic carbocycles. The standard InChI is InChI=1S/C25H26N4O5S/c1-33-24(32)18-4-2-3-5-20(18)29-15-17(13-22(29)30)23(31)27-25-26-19-7-6-16(12-21(19)35-25)14-28-8-10-34-11-9-28/h2-7,12,17H,8-11,13-15H2,1H3,(H,26,27,31). The lowest BCUT2D eigenvalue weighted by Gasteiger charge is -2.26. The van der Waals surface area contributed by atoms with Gasteiger partial charge in [0.05, 0.1) is 47.7 Å². The Morgan fingerprint density at radius 3 is 2.80 bits per heavy atom. The second kappa shape index (κ2) is 10.1. The van der Waals surface area contributed by atoms with E-state index < -0.39 is 11.9 Å². The summed E-state index contributed by atoms with van der Waals surface area (Å²) in [7, 11) is 1.30. The molecule has 1 atom stereocenters. The van der Waals surface area contributed by atoms with E-state index in [1.54, 1.807) is 24.3 Å². The summed E-state index contributed by atoms with van der Waals surface area (Å²) in [5, 5.41) is 3.39. The predicted molar refractivity (Wildman–Crippen MR) is 133 cm³/mol. The average molecular weight is 495 g/mol. The van der Waals surface area contributed by atoms with Crippen molar-refractivity contribution >= 4 is 50.2 Å². The number of methoxy groups -OCH3 is 1. The molecule has 1 unspecified atom stereocenters. The van der Waals surface area contributed by atoms with Crippen LogP contribution >= 0.6 is 11.3 Å². The number of nitrogens with one attached hydrogen (secondary N) is 1. The fourth-order valence-electron chi connectivity index (χ4n) is 4.45. The summed E-state index contributed by atoms with van der Waals surface area (Å²) in [5.74, 6) is -1.54. The number of rotatable bonds is 6. The first-order valence-electron chi connectivity index (χ1n) is 11.5. The largest absolute Gasteiger partial charge is 0.465 e. The van der Waals surface area contributed by atoms with Crippen LogP contribution in [0.4, 0.5) is 10.8 Å². The minimum absolute atomic E-state index is 0.0654. The van der Waals surface area contributed by atoms with E-state index in [9.17, 15) is 14.4 Å². The van der Waals surface area contributed by atoms with Crippen molar-refractivity contribution in [2.24, 2.45) is 5.92 Å². The van der Waals surface area contributed by atoms with Crippen LogP contribution in [0.3, 0.4) is 0 Å². The summed E-state index contributed by atoms with van der Waals surface area (Å²) < 4.78 is 11.3. The Hall–Kier alpha value is -3.34. The Bertz CT molecular complexity index is 1270. The van der Waals surface area contributed by atoms with E-state index >= 15 is 0 Å². The van der Waals surface area contributed by atoms with Gasteiger partial charge in [-0.25, -0.2) is 9.78 Å². The minimum Gasteiger partial charge on any atom is -0.465 e. The van der Waals surface area contributed by atoms with Gasteiger partial charge < -0.3 is 19.7 Å². The molecule has 2 amide bonds. The molecule has 2 aliphatic rings. The predicted octanol–water partition coefficient (Wildman–Crippen LogP) is 2.91. The van der Waals surface area contributed by atoms with Crippen LogP contribution in [-0.4, -0.2) is 67.6 Å². The highest BCUT2D eigenvalue weighted by atomic mass is 32.1. The average Bonchev–Trinajstić information content (AvgIpc) is 3.46. The highest BCUT2D eigenvalue weighted by Gasteiger charge is 2.37. The molecule has 182 valence electrons. The van der Waals surface area contributed by atoms with Gasteiger partial charge >= 0.3 is 5.97 Å². The van der Waals surface area contributed by atoms with Gasteiger partial charge in [0.25, 0.3) is 0 Å². The van der Waals surface area contributed by atoms with Crippen LogP contribution in [-0.2, 0) is 25.6 Å². The number of anilines is 2. The molecule has 1 N–H and O–H groups in total. The first-order chi connectivity index (χ1) is 17.0. The zero-order chi connectivity index (χ0) is 24.4. The van der Waals surface area contributed by atoms with E-state index in [1.807, 2.05) is 6.07 Å². The van der Waals surface area contributed by atoms with Gasteiger partial charge in [0.1, 0.15) is 0 Å². The van der Waals surface area contributed by atoms with Gasteiger partial charge in [0.2, 0.25) is 11.8 Å². The third kappa shape index (κ3) is 5.04. The molecule has 0 radical (unpaired) electrons. The number of nitrogens with zero attached hydrogens (tertiary/aromatic N) is 3. The quantitative estimate of drug-likeness (QED) is 0.526. The number of thiazole rings is 1. The number of carbonyl (C=O) groups excluding carboxylic acids is 3. The number of ether oxygens (including phenoxy) is 2. The molecule has 2 fully saturated rings. The number of fused-ring (bicyclic) bond motifs is 1. The van der Waals surface area contributed by atoms with Crippen molar-refractivity contribution in [1.82, 2.24) is 9.88 Å². The number of hydrogen-bond acceptors (Lipinski definition) is 8. The third-order valence-corrected chi connectivity index (χ3v) is 7.22. The first kappa shape index (κ1) is 23.4. The van der Waals surface area contributed by atoms with Crippen LogP contribution in [0.1, 0.15) is 22.3 Å². The maximum Gasteiger partial charge on any atom is 0.339 e. The van der Waals surface area contributed by atoms with Crippen molar-refractivity contribution in [3.8, 4) is 0 Å². The molecule has 0 spiro atoms. The number of aromatic nitrogens is 1. The summed E-state index contributed by atoms with van der Waals surface area (Å²) >= 11 is 1.42. The Morgan fingerprint density at radius 1 is 1.20 bits per heavy atom. The summed E-state index contributed by atoms with van der Waals surface area (Å²) in [6.07, 6.45) is 0.0654. The molecule has 2 aliphatic heterocycles. The number of esters is 1. The smallest absolute Gasteiger partial charge is 0.339 e. The highest BCUT2D eigenvalue weighted by molar-refractivity contribution is 7.22. The molecule has 2 aromatic carbocycles. The van der Waals surface area contributed by atoms with Gasteiger partial charge in [-0.1, -0.05) is 29.5 Å². The number of benzene rings is 2. The molecule has 0 saturated carbocycles. The Balaban J connectivity index is 1.26. The van der Waals surface area contributed by atoms with Crippen molar-refractivity contribution in [3.63, 3.8) is 0 Å². The van der Waals surface area contributed by atoms with E-state index in [4.69, 9.17) is 9.47 Å². The van der Waals surface area contributed by atoms with Gasteiger partial charge in [-0.15, -0.1) is 0 Å². The van der Waals surface area contributed by atoms with E-state index in [2.05, 4.69) is 27.3 Å². The molecule has 5 rings (SSSR count). The lowest BCUT2D eigenvalue weighted by atomic mass is 10.1. The summed E-state index contributed by atoms with van der Waals surface area (Å²) in [6.45, 7) is 4.40. The number of para-hydroxylation sites is 1. The van der Waals surface area contributed by atoms with E-state index in [1.165, 1.54) is 28.9 Å². The zero-order valence-electron chi connectivity index (χ0n) is 19.4.